The van der Waals surface area contributed by atoms with Gasteiger partial charge in [0.15, 0.2) is 15.8 Å². The van der Waals surface area contributed by atoms with Crippen molar-refractivity contribution in [3.05, 3.63) is 53.6 Å². The van der Waals surface area contributed by atoms with Crippen molar-refractivity contribution < 1.29 is 28.6 Å². The zero-order valence-electron chi connectivity index (χ0n) is 20.0. The third kappa shape index (κ3) is 7.68. The molecule has 10 nitrogen and oxygen atoms in total. The summed E-state index contributed by atoms with van der Waals surface area (Å²) in [6.07, 6.45) is 0. The highest BCUT2D eigenvalue weighted by Gasteiger charge is 2.15. The number of ether oxygens (including phenoxy) is 3. The Morgan fingerprint density at radius 3 is 2.25 bits per heavy atom. The molecule has 3 aromatic rings. The van der Waals surface area contributed by atoms with Gasteiger partial charge in [-0.3, -0.25) is 14.9 Å². The largest absolute Gasteiger partial charge is 0.490 e. The Morgan fingerprint density at radius 2 is 1.56 bits per heavy atom. The van der Waals surface area contributed by atoms with E-state index in [1.807, 2.05) is 13.8 Å². The molecule has 3 rings (SSSR count). The number of hydrogen-bond donors (Lipinski definition) is 2. The summed E-state index contributed by atoms with van der Waals surface area (Å²) >= 11 is 2.35. The van der Waals surface area contributed by atoms with Gasteiger partial charge in [0.25, 0.3) is 5.91 Å². The molecule has 0 radical (unpaired) electrons. The van der Waals surface area contributed by atoms with Crippen molar-refractivity contribution in [2.75, 3.05) is 36.2 Å². The van der Waals surface area contributed by atoms with Crippen molar-refractivity contribution in [1.29, 1.82) is 0 Å². The molecule has 0 saturated heterocycles. The van der Waals surface area contributed by atoms with Crippen LogP contribution in [0.5, 0.6) is 11.5 Å². The second-order valence-electron chi connectivity index (χ2n) is 6.99. The highest BCUT2D eigenvalue weighted by Crippen LogP contribution is 2.30. The van der Waals surface area contributed by atoms with Crippen molar-refractivity contribution in [3.63, 3.8) is 0 Å². The van der Waals surface area contributed by atoms with E-state index >= 15 is 0 Å². The standard InChI is InChI=1S/C24H26N4O6S2/c1-4-32-18-12-9-16(13-19(18)33-5-2)21(30)26-23-27-28-24(36-23)35-14-20(29)25-17-10-7-15(8-11-17)22(31)34-6-3/h7-13H,4-6,14H2,1-3H3,(H,25,29)(H,26,27,30). The minimum atomic E-state index is -0.414. The average molecular weight is 531 g/mol. The summed E-state index contributed by atoms with van der Waals surface area (Å²) in [5.74, 6) is 0.125. The predicted molar refractivity (Wildman–Crippen MR) is 138 cm³/mol. The molecule has 1 aromatic heterocycles. The number of carbonyl (C=O) groups is 3. The van der Waals surface area contributed by atoms with Crippen LogP contribution in [0.3, 0.4) is 0 Å². The first-order chi connectivity index (χ1) is 17.4. The van der Waals surface area contributed by atoms with Gasteiger partial charge in [-0.05, 0) is 63.2 Å². The van der Waals surface area contributed by atoms with Crippen LogP contribution in [0.2, 0.25) is 0 Å². The molecule has 0 atom stereocenters. The van der Waals surface area contributed by atoms with E-state index in [-0.39, 0.29) is 17.6 Å². The van der Waals surface area contributed by atoms with Crippen LogP contribution in [0.1, 0.15) is 41.5 Å². The molecule has 2 amide bonds. The van der Waals surface area contributed by atoms with Crippen LogP contribution >= 0.6 is 23.1 Å². The van der Waals surface area contributed by atoms with Gasteiger partial charge in [-0.15, -0.1) is 10.2 Å². The topological polar surface area (TPSA) is 129 Å². The minimum absolute atomic E-state index is 0.0960. The van der Waals surface area contributed by atoms with Gasteiger partial charge in [0.1, 0.15) is 0 Å². The molecule has 190 valence electrons. The van der Waals surface area contributed by atoms with Gasteiger partial charge < -0.3 is 19.5 Å². The van der Waals surface area contributed by atoms with Crippen LogP contribution in [-0.2, 0) is 9.53 Å². The van der Waals surface area contributed by atoms with E-state index in [0.29, 0.717) is 57.6 Å². The number of anilines is 2. The summed E-state index contributed by atoms with van der Waals surface area (Å²) in [6.45, 7) is 6.67. The van der Waals surface area contributed by atoms with Gasteiger partial charge >= 0.3 is 5.97 Å². The summed E-state index contributed by atoms with van der Waals surface area (Å²) in [5, 5.41) is 13.8. The average Bonchev–Trinajstić information content (AvgIpc) is 3.32. The van der Waals surface area contributed by atoms with Crippen LogP contribution < -0.4 is 20.1 Å². The summed E-state index contributed by atoms with van der Waals surface area (Å²) < 4.78 is 16.6. The second kappa shape index (κ2) is 13.4. The quantitative estimate of drug-likeness (QED) is 0.198. The molecule has 0 aliphatic carbocycles. The fraction of sp³-hybridized carbons (Fsp3) is 0.292. The van der Waals surface area contributed by atoms with E-state index in [2.05, 4.69) is 20.8 Å². The first kappa shape index (κ1) is 27.0. The number of benzene rings is 2. The third-order valence-corrected chi connectivity index (χ3v) is 6.41. The molecule has 2 N–H and O–H groups in total. The maximum atomic E-state index is 12.7. The molecule has 0 spiro atoms. The fourth-order valence-electron chi connectivity index (χ4n) is 2.91. The smallest absolute Gasteiger partial charge is 0.338 e. The molecule has 36 heavy (non-hydrogen) atoms. The molecule has 1 heterocycles. The van der Waals surface area contributed by atoms with Crippen molar-refractivity contribution in [2.45, 2.75) is 25.1 Å². The van der Waals surface area contributed by atoms with Crippen molar-refractivity contribution >= 4 is 51.7 Å². The number of esters is 1. The van der Waals surface area contributed by atoms with Gasteiger partial charge in [-0.25, -0.2) is 4.79 Å². The minimum Gasteiger partial charge on any atom is -0.490 e. The molecule has 0 saturated carbocycles. The lowest BCUT2D eigenvalue weighted by molar-refractivity contribution is -0.113. The summed E-state index contributed by atoms with van der Waals surface area (Å²) in [5.41, 5.74) is 1.35. The molecular formula is C24H26N4O6S2. The number of thioether (sulfide) groups is 1. The molecule has 0 unspecified atom stereocenters. The summed E-state index contributed by atoms with van der Waals surface area (Å²) in [4.78, 5) is 36.6. The Hall–Kier alpha value is -3.64. The second-order valence-corrected chi connectivity index (χ2v) is 9.19. The van der Waals surface area contributed by atoms with Gasteiger partial charge in [0.05, 0.1) is 31.1 Å². The lowest BCUT2D eigenvalue weighted by Crippen LogP contribution is -2.14. The maximum absolute atomic E-state index is 12.7. The van der Waals surface area contributed by atoms with E-state index in [1.165, 1.54) is 11.8 Å². The third-order valence-electron chi connectivity index (χ3n) is 4.44. The van der Waals surface area contributed by atoms with Crippen molar-refractivity contribution in [1.82, 2.24) is 10.2 Å². The van der Waals surface area contributed by atoms with Gasteiger partial charge in [0.2, 0.25) is 11.0 Å². The Kier molecular flexibility index (Phi) is 10.1. The van der Waals surface area contributed by atoms with E-state index in [0.717, 1.165) is 11.3 Å². The fourth-order valence-corrected chi connectivity index (χ4v) is 4.46. The molecule has 0 fully saturated rings. The molecule has 0 bridgehead atoms. The van der Waals surface area contributed by atoms with Crippen LogP contribution in [0.4, 0.5) is 10.8 Å². The van der Waals surface area contributed by atoms with Crippen molar-refractivity contribution in [3.8, 4) is 11.5 Å². The summed E-state index contributed by atoms with van der Waals surface area (Å²) in [6, 6.07) is 11.4. The maximum Gasteiger partial charge on any atom is 0.338 e. The molecule has 0 aliphatic heterocycles. The lowest BCUT2D eigenvalue weighted by Gasteiger charge is -2.12. The zero-order chi connectivity index (χ0) is 25.9. The molecule has 2 aromatic carbocycles. The van der Waals surface area contributed by atoms with Crippen LogP contribution in [0, 0.1) is 0 Å². The number of carbonyl (C=O) groups excluding carboxylic acids is 3. The first-order valence-corrected chi connectivity index (χ1v) is 13.0. The van der Waals surface area contributed by atoms with E-state index in [4.69, 9.17) is 14.2 Å². The highest BCUT2D eigenvalue weighted by molar-refractivity contribution is 8.01. The highest BCUT2D eigenvalue weighted by atomic mass is 32.2. The molecule has 0 aliphatic rings. The lowest BCUT2D eigenvalue weighted by atomic mass is 10.2. The SMILES string of the molecule is CCOC(=O)c1ccc(NC(=O)CSc2nnc(NC(=O)c3ccc(OCC)c(OCC)c3)s2)cc1. The molecule has 12 heteroatoms. The van der Waals surface area contributed by atoms with E-state index < -0.39 is 5.97 Å². The number of nitrogens with zero attached hydrogens (tertiary/aromatic N) is 2. The van der Waals surface area contributed by atoms with E-state index in [1.54, 1.807) is 49.4 Å². The monoisotopic (exact) mass is 530 g/mol. The zero-order valence-corrected chi connectivity index (χ0v) is 21.7. The van der Waals surface area contributed by atoms with Crippen LogP contribution in [0.15, 0.2) is 46.8 Å². The normalized spacial score (nSPS) is 10.4. The number of nitrogens with one attached hydrogen (secondary N) is 2. The Labute approximate surface area is 216 Å². The Bertz CT molecular complexity index is 1200. The first-order valence-electron chi connectivity index (χ1n) is 11.2. The van der Waals surface area contributed by atoms with E-state index in [9.17, 15) is 14.4 Å². The van der Waals surface area contributed by atoms with Gasteiger partial charge in [-0.2, -0.15) is 0 Å². The number of hydrogen-bond acceptors (Lipinski definition) is 10. The Balaban J connectivity index is 1.51. The number of amides is 2. The molecular weight excluding hydrogens is 504 g/mol. The number of aromatic nitrogens is 2. The number of rotatable bonds is 12. The predicted octanol–water partition coefficient (Wildman–Crippen LogP) is 4.50. The van der Waals surface area contributed by atoms with Gasteiger partial charge in [-0.1, -0.05) is 23.1 Å². The van der Waals surface area contributed by atoms with Crippen molar-refractivity contribution in [2.24, 2.45) is 0 Å². The van der Waals surface area contributed by atoms with Crippen LogP contribution in [-0.4, -0.2) is 53.6 Å². The van der Waals surface area contributed by atoms with Gasteiger partial charge in [0, 0.05) is 11.3 Å². The Morgan fingerprint density at radius 1 is 0.861 bits per heavy atom. The van der Waals surface area contributed by atoms with Crippen LogP contribution in [0.25, 0.3) is 0 Å². The summed E-state index contributed by atoms with van der Waals surface area (Å²) in [7, 11) is 0.